The molecule has 0 saturated heterocycles. The third-order valence-corrected chi connectivity index (χ3v) is 6.26. The van der Waals surface area contributed by atoms with E-state index in [1.807, 2.05) is 30.3 Å². The highest BCUT2D eigenvalue weighted by molar-refractivity contribution is 9.10. The Bertz CT molecular complexity index is 1170. The van der Waals surface area contributed by atoms with Crippen molar-refractivity contribution in [1.29, 1.82) is 0 Å². The summed E-state index contributed by atoms with van der Waals surface area (Å²) < 4.78 is 34.5. The quantitative estimate of drug-likeness (QED) is 0.512. The summed E-state index contributed by atoms with van der Waals surface area (Å²) in [5, 5.41) is 2.82. The zero-order chi connectivity index (χ0) is 21.7. The topological polar surface area (TPSA) is 84.5 Å². The molecule has 6 nitrogen and oxygen atoms in total. The van der Waals surface area contributed by atoms with E-state index in [1.165, 1.54) is 13.2 Å². The second-order valence-electron chi connectivity index (χ2n) is 6.62. The average molecular weight is 489 g/mol. The molecular formula is C22H21BrN2O4S. The summed E-state index contributed by atoms with van der Waals surface area (Å²) in [6.45, 7) is 2.12. The molecule has 0 unspecified atom stereocenters. The van der Waals surface area contributed by atoms with Crippen LogP contribution < -0.4 is 14.8 Å². The first-order chi connectivity index (χ1) is 14.3. The molecule has 0 aliphatic heterocycles. The minimum atomic E-state index is -3.98. The Labute approximate surface area is 184 Å². The lowest BCUT2D eigenvalue weighted by molar-refractivity contribution is 0.0951. The molecule has 3 aromatic rings. The van der Waals surface area contributed by atoms with E-state index in [0.717, 1.165) is 11.1 Å². The number of hydrogen-bond acceptors (Lipinski definition) is 4. The minimum Gasteiger partial charge on any atom is -0.495 e. The second-order valence-corrected chi connectivity index (χ2v) is 9.18. The molecule has 0 aliphatic rings. The zero-order valence-corrected chi connectivity index (χ0v) is 18.9. The molecule has 1 amide bonds. The first-order valence-corrected chi connectivity index (χ1v) is 11.4. The number of methoxy groups -OCH3 is 1. The van der Waals surface area contributed by atoms with Crippen LogP contribution in [0.1, 0.15) is 21.5 Å². The Kier molecular flexibility index (Phi) is 6.79. The molecule has 0 bridgehead atoms. The van der Waals surface area contributed by atoms with Crippen LogP contribution in [0.4, 0.5) is 5.69 Å². The summed E-state index contributed by atoms with van der Waals surface area (Å²) in [5.74, 6) is -0.172. The van der Waals surface area contributed by atoms with Gasteiger partial charge in [-0.05, 0) is 48.4 Å². The van der Waals surface area contributed by atoms with Crippen molar-refractivity contribution in [2.24, 2.45) is 0 Å². The minimum absolute atomic E-state index is 0.00330. The monoisotopic (exact) mass is 488 g/mol. The molecule has 156 valence electrons. The van der Waals surface area contributed by atoms with Gasteiger partial charge in [-0.25, -0.2) is 8.42 Å². The maximum absolute atomic E-state index is 13.0. The van der Waals surface area contributed by atoms with Crippen molar-refractivity contribution in [2.75, 3.05) is 11.8 Å². The molecule has 0 atom stereocenters. The Morgan fingerprint density at radius 1 is 1.03 bits per heavy atom. The number of amides is 1. The van der Waals surface area contributed by atoms with Crippen molar-refractivity contribution < 1.29 is 17.9 Å². The number of carbonyl (C=O) groups excluding carboxylic acids is 1. The number of carbonyl (C=O) groups is 1. The highest BCUT2D eigenvalue weighted by Gasteiger charge is 2.23. The van der Waals surface area contributed by atoms with E-state index in [4.69, 9.17) is 4.74 Å². The summed E-state index contributed by atoms with van der Waals surface area (Å²) in [5.41, 5.74) is 2.09. The van der Waals surface area contributed by atoms with E-state index >= 15 is 0 Å². The van der Waals surface area contributed by atoms with Crippen LogP contribution in [0.25, 0.3) is 0 Å². The largest absolute Gasteiger partial charge is 0.495 e. The highest BCUT2D eigenvalue weighted by atomic mass is 79.9. The van der Waals surface area contributed by atoms with E-state index in [-0.39, 0.29) is 21.9 Å². The van der Waals surface area contributed by atoms with Crippen LogP contribution in [-0.2, 0) is 16.6 Å². The molecule has 0 fully saturated rings. The molecular weight excluding hydrogens is 468 g/mol. The number of nitrogens with one attached hydrogen (secondary N) is 2. The number of hydrogen-bond donors (Lipinski definition) is 2. The van der Waals surface area contributed by atoms with Gasteiger partial charge >= 0.3 is 0 Å². The number of anilines is 1. The maximum atomic E-state index is 13.0. The Balaban J connectivity index is 1.90. The smallest absolute Gasteiger partial charge is 0.265 e. The van der Waals surface area contributed by atoms with Gasteiger partial charge in [-0.3, -0.25) is 9.52 Å². The van der Waals surface area contributed by atoms with Gasteiger partial charge in [-0.1, -0.05) is 52.3 Å². The van der Waals surface area contributed by atoms with Crippen LogP contribution in [0.3, 0.4) is 0 Å². The van der Waals surface area contributed by atoms with Gasteiger partial charge in [0.05, 0.1) is 18.4 Å². The number of benzene rings is 3. The fraction of sp³-hybridized carbons (Fsp3) is 0.136. The maximum Gasteiger partial charge on any atom is 0.265 e. The van der Waals surface area contributed by atoms with E-state index in [0.29, 0.717) is 11.0 Å². The predicted octanol–water partition coefficient (Wildman–Crippen LogP) is 4.50. The van der Waals surface area contributed by atoms with E-state index in [9.17, 15) is 13.2 Å². The van der Waals surface area contributed by atoms with Crippen LogP contribution >= 0.6 is 15.9 Å². The predicted molar refractivity (Wildman–Crippen MR) is 120 cm³/mol. The summed E-state index contributed by atoms with van der Waals surface area (Å²) in [4.78, 5) is 12.8. The lowest BCUT2D eigenvalue weighted by Gasteiger charge is -2.15. The lowest BCUT2D eigenvalue weighted by atomic mass is 10.1. The first kappa shape index (κ1) is 21.9. The SMILES string of the molecule is COc1ccc(C)cc1S(=O)(=O)Nc1ccc(Br)cc1C(=O)NCc1ccccc1. The van der Waals surface area contributed by atoms with Crippen molar-refractivity contribution in [3.8, 4) is 5.75 Å². The van der Waals surface area contributed by atoms with Crippen LogP contribution in [0.2, 0.25) is 0 Å². The van der Waals surface area contributed by atoms with Crippen LogP contribution in [0.15, 0.2) is 76.1 Å². The van der Waals surface area contributed by atoms with E-state index in [1.54, 1.807) is 37.3 Å². The highest BCUT2D eigenvalue weighted by Crippen LogP contribution is 2.29. The molecule has 8 heteroatoms. The fourth-order valence-corrected chi connectivity index (χ4v) is 4.56. The summed E-state index contributed by atoms with van der Waals surface area (Å²) in [6, 6.07) is 19.1. The van der Waals surface area contributed by atoms with Crippen molar-refractivity contribution in [3.63, 3.8) is 0 Å². The van der Waals surface area contributed by atoms with Gasteiger partial charge in [0.25, 0.3) is 15.9 Å². The van der Waals surface area contributed by atoms with E-state index < -0.39 is 15.9 Å². The van der Waals surface area contributed by atoms with Crippen molar-refractivity contribution in [3.05, 3.63) is 87.9 Å². The molecule has 0 radical (unpaired) electrons. The Morgan fingerprint density at radius 3 is 2.47 bits per heavy atom. The number of halogens is 1. The third kappa shape index (κ3) is 5.20. The number of aryl methyl sites for hydroxylation is 1. The molecule has 0 aromatic heterocycles. The molecule has 0 heterocycles. The molecule has 30 heavy (non-hydrogen) atoms. The summed E-state index contributed by atoms with van der Waals surface area (Å²) in [7, 11) is -2.58. The van der Waals surface area contributed by atoms with Crippen molar-refractivity contribution in [1.82, 2.24) is 5.32 Å². The van der Waals surface area contributed by atoms with Gasteiger partial charge in [0.1, 0.15) is 10.6 Å². The number of rotatable bonds is 7. The van der Waals surface area contributed by atoms with Crippen molar-refractivity contribution >= 4 is 37.5 Å². The summed E-state index contributed by atoms with van der Waals surface area (Å²) in [6.07, 6.45) is 0. The first-order valence-electron chi connectivity index (χ1n) is 9.09. The fourth-order valence-electron chi connectivity index (χ4n) is 2.86. The summed E-state index contributed by atoms with van der Waals surface area (Å²) >= 11 is 3.34. The second kappa shape index (κ2) is 9.32. The molecule has 0 aliphatic carbocycles. The number of sulfonamides is 1. The molecule has 0 saturated carbocycles. The van der Waals surface area contributed by atoms with Gasteiger partial charge < -0.3 is 10.1 Å². The molecule has 2 N–H and O–H groups in total. The van der Waals surface area contributed by atoms with Gasteiger partial charge in [0.2, 0.25) is 0 Å². The van der Waals surface area contributed by atoms with Crippen molar-refractivity contribution in [2.45, 2.75) is 18.4 Å². The average Bonchev–Trinajstić information content (AvgIpc) is 2.74. The van der Waals surface area contributed by atoms with E-state index in [2.05, 4.69) is 26.0 Å². The molecule has 3 rings (SSSR count). The van der Waals surface area contributed by atoms with Crippen LogP contribution in [0.5, 0.6) is 5.75 Å². The molecule has 0 spiro atoms. The number of ether oxygens (including phenoxy) is 1. The lowest BCUT2D eigenvalue weighted by Crippen LogP contribution is -2.25. The normalized spacial score (nSPS) is 11.0. The standard InChI is InChI=1S/C22H21BrN2O4S/c1-15-8-11-20(29-2)21(12-15)30(27,28)25-19-10-9-17(23)13-18(19)22(26)24-14-16-6-4-3-5-7-16/h3-13,25H,14H2,1-2H3,(H,24,26). The van der Waals surface area contributed by atoms with Gasteiger partial charge in [0.15, 0.2) is 0 Å². The zero-order valence-electron chi connectivity index (χ0n) is 16.5. The third-order valence-electron chi connectivity index (χ3n) is 4.38. The molecule has 3 aromatic carbocycles. The van der Waals surface area contributed by atoms with Gasteiger partial charge in [-0.15, -0.1) is 0 Å². The Morgan fingerprint density at radius 2 is 1.77 bits per heavy atom. The Hall–Kier alpha value is -2.84. The van der Waals surface area contributed by atoms with Gasteiger partial charge in [-0.2, -0.15) is 0 Å². The van der Waals surface area contributed by atoms with Crippen LogP contribution in [-0.4, -0.2) is 21.4 Å². The van der Waals surface area contributed by atoms with Crippen LogP contribution in [0, 0.1) is 6.92 Å². The van der Waals surface area contributed by atoms with Gasteiger partial charge in [0, 0.05) is 11.0 Å².